The van der Waals surface area contributed by atoms with Gasteiger partial charge >= 0.3 is 0 Å². The second kappa shape index (κ2) is 1.43. The van der Waals surface area contributed by atoms with Gasteiger partial charge in [-0.1, -0.05) is 0 Å². The van der Waals surface area contributed by atoms with Crippen molar-refractivity contribution in [2.45, 2.75) is 12.4 Å². The van der Waals surface area contributed by atoms with Gasteiger partial charge in [-0.05, 0) is 0 Å². The van der Waals surface area contributed by atoms with Crippen LogP contribution in [0.3, 0.4) is 0 Å². The van der Waals surface area contributed by atoms with Gasteiger partial charge < -0.3 is 14.2 Å². The molecular weight excluding hydrogens is 108 g/mol. The lowest BCUT2D eigenvalue weighted by atomic mass is 10.3. The second-order valence-electron chi connectivity index (χ2n) is 1.98. The number of hydrogen-bond donors (Lipinski definition) is 0. The molecule has 3 nitrogen and oxygen atoms in total. The normalized spacial score (nSPS) is 33.0. The predicted octanol–water partition coefficient (Wildman–Crippen LogP) is 0.107. The van der Waals surface area contributed by atoms with E-state index >= 15 is 0 Å². The van der Waals surface area contributed by atoms with Crippen molar-refractivity contribution < 1.29 is 14.2 Å². The minimum Gasteiger partial charge on any atom is -0.327 e. The van der Waals surface area contributed by atoms with E-state index in [1.165, 1.54) is 0 Å². The van der Waals surface area contributed by atoms with Gasteiger partial charge in [0, 0.05) is 0 Å². The van der Waals surface area contributed by atoms with Crippen LogP contribution in [0.4, 0.5) is 0 Å². The summed E-state index contributed by atoms with van der Waals surface area (Å²) < 4.78 is 15.3. The molecule has 0 aromatic heterocycles. The minimum atomic E-state index is -0.583. The Morgan fingerprint density at radius 1 is 0.875 bits per heavy atom. The van der Waals surface area contributed by atoms with Crippen molar-refractivity contribution in [2.75, 3.05) is 19.8 Å². The molecule has 0 radical (unpaired) electrons. The van der Waals surface area contributed by atoms with Gasteiger partial charge in [-0.15, -0.1) is 0 Å². The van der Waals surface area contributed by atoms with Gasteiger partial charge in [0.05, 0.1) is 26.2 Å². The zero-order valence-electron chi connectivity index (χ0n) is 4.55. The van der Waals surface area contributed by atoms with Gasteiger partial charge in [-0.2, -0.15) is 0 Å². The Balaban J connectivity index is 2.01. The summed E-state index contributed by atoms with van der Waals surface area (Å²) in [4.78, 5) is 0. The molecule has 0 unspecified atom stereocenters. The van der Waals surface area contributed by atoms with Crippen LogP contribution >= 0.6 is 0 Å². The maximum Gasteiger partial charge on any atom is 0.285 e. The van der Waals surface area contributed by atoms with Crippen LogP contribution in [0.25, 0.3) is 0 Å². The molecule has 2 fully saturated rings. The molecule has 2 aliphatic heterocycles. The van der Waals surface area contributed by atoms with Crippen LogP contribution < -0.4 is 0 Å². The largest absolute Gasteiger partial charge is 0.327 e. The quantitative estimate of drug-likeness (QED) is 0.449. The molecule has 2 heterocycles. The summed E-state index contributed by atoms with van der Waals surface area (Å²) in [6, 6.07) is 0. The molecule has 1 spiro atoms. The van der Waals surface area contributed by atoms with Crippen LogP contribution in [0.1, 0.15) is 6.42 Å². The Labute approximate surface area is 47.5 Å². The SMILES string of the molecule is C1COC2(CCO2)O1. The first-order valence-electron chi connectivity index (χ1n) is 2.83. The van der Waals surface area contributed by atoms with Crippen LogP contribution in [0.15, 0.2) is 0 Å². The van der Waals surface area contributed by atoms with E-state index < -0.39 is 5.97 Å². The van der Waals surface area contributed by atoms with Crippen molar-refractivity contribution >= 4 is 0 Å². The topological polar surface area (TPSA) is 27.7 Å². The number of hydrogen-bond acceptors (Lipinski definition) is 3. The molecule has 0 bridgehead atoms. The fraction of sp³-hybridized carbons (Fsp3) is 1.00. The van der Waals surface area contributed by atoms with Crippen LogP contribution in [0.2, 0.25) is 0 Å². The summed E-state index contributed by atoms with van der Waals surface area (Å²) in [5.74, 6) is -0.583. The lowest BCUT2D eigenvalue weighted by Gasteiger charge is -2.34. The minimum absolute atomic E-state index is 0.583. The summed E-state index contributed by atoms with van der Waals surface area (Å²) in [6.07, 6.45) is 0.896. The highest BCUT2D eigenvalue weighted by atomic mass is 16.9. The van der Waals surface area contributed by atoms with Crippen LogP contribution in [0, 0.1) is 0 Å². The highest BCUT2D eigenvalue weighted by Gasteiger charge is 2.44. The zero-order chi connectivity index (χ0) is 5.45. The van der Waals surface area contributed by atoms with E-state index in [9.17, 15) is 0 Å². The fourth-order valence-electron chi connectivity index (χ4n) is 0.932. The maximum atomic E-state index is 5.13. The summed E-state index contributed by atoms with van der Waals surface area (Å²) in [5, 5.41) is 0. The molecule has 0 aromatic rings. The Morgan fingerprint density at radius 2 is 1.50 bits per heavy atom. The second-order valence-corrected chi connectivity index (χ2v) is 1.98. The van der Waals surface area contributed by atoms with E-state index in [4.69, 9.17) is 14.2 Å². The molecular formula is C5H8O3. The van der Waals surface area contributed by atoms with E-state index in [0.29, 0.717) is 13.2 Å². The lowest BCUT2D eigenvalue weighted by Crippen LogP contribution is -2.44. The maximum absolute atomic E-state index is 5.13. The van der Waals surface area contributed by atoms with Gasteiger partial charge in [-0.3, -0.25) is 0 Å². The highest BCUT2D eigenvalue weighted by Crippen LogP contribution is 2.32. The molecule has 0 aliphatic carbocycles. The monoisotopic (exact) mass is 116 g/mol. The van der Waals surface area contributed by atoms with Crippen molar-refractivity contribution in [3.05, 3.63) is 0 Å². The third-order valence-corrected chi connectivity index (χ3v) is 1.46. The molecule has 2 aliphatic rings. The average molecular weight is 116 g/mol. The Morgan fingerprint density at radius 3 is 1.75 bits per heavy atom. The summed E-state index contributed by atoms with van der Waals surface area (Å²) in [6.45, 7) is 2.14. The van der Waals surface area contributed by atoms with Gasteiger partial charge in [0.25, 0.3) is 5.97 Å². The smallest absolute Gasteiger partial charge is 0.285 e. The van der Waals surface area contributed by atoms with E-state index in [1.807, 2.05) is 0 Å². The van der Waals surface area contributed by atoms with Gasteiger partial charge in [0.2, 0.25) is 0 Å². The Hall–Kier alpha value is -0.120. The summed E-state index contributed by atoms with van der Waals surface area (Å²) in [5.41, 5.74) is 0. The van der Waals surface area contributed by atoms with Crippen molar-refractivity contribution in [3.8, 4) is 0 Å². The average Bonchev–Trinajstić information content (AvgIpc) is 2.07. The highest BCUT2D eigenvalue weighted by molar-refractivity contribution is 4.70. The van der Waals surface area contributed by atoms with E-state index in [2.05, 4.69) is 0 Å². The standard InChI is InChI=1S/C5H8O3/c1-2-6-5(1)7-3-4-8-5/h1-4H2. The first kappa shape index (κ1) is 4.73. The van der Waals surface area contributed by atoms with Crippen LogP contribution in [-0.4, -0.2) is 25.8 Å². The molecule has 3 heteroatoms. The molecule has 0 atom stereocenters. The van der Waals surface area contributed by atoms with Crippen molar-refractivity contribution in [1.82, 2.24) is 0 Å². The van der Waals surface area contributed by atoms with E-state index in [0.717, 1.165) is 13.0 Å². The zero-order valence-corrected chi connectivity index (χ0v) is 4.55. The molecule has 8 heavy (non-hydrogen) atoms. The third kappa shape index (κ3) is 0.491. The van der Waals surface area contributed by atoms with Crippen LogP contribution in [0.5, 0.6) is 0 Å². The number of rotatable bonds is 0. The lowest BCUT2D eigenvalue weighted by molar-refractivity contribution is -0.393. The summed E-state index contributed by atoms with van der Waals surface area (Å²) >= 11 is 0. The van der Waals surface area contributed by atoms with E-state index in [-0.39, 0.29) is 0 Å². The van der Waals surface area contributed by atoms with E-state index in [1.54, 1.807) is 0 Å². The van der Waals surface area contributed by atoms with Gasteiger partial charge in [0.1, 0.15) is 0 Å². The first-order valence-corrected chi connectivity index (χ1v) is 2.83. The van der Waals surface area contributed by atoms with Crippen molar-refractivity contribution in [3.63, 3.8) is 0 Å². The van der Waals surface area contributed by atoms with Crippen molar-refractivity contribution in [2.24, 2.45) is 0 Å². The Kier molecular flexibility index (Phi) is 0.848. The molecule has 0 amide bonds. The number of ether oxygens (including phenoxy) is 3. The molecule has 2 saturated heterocycles. The molecule has 2 rings (SSSR count). The first-order chi connectivity index (χ1) is 3.91. The Bertz CT molecular complexity index is 89.8. The van der Waals surface area contributed by atoms with Gasteiger partial charge in [-0.25, -0.2) is 0 Å². The summed E-state index contributed by atoms with van der Waals surface area (Å²) in [7, 11) is 0. The predicted molar refractivity (Wildman–Crippen MR) is 25.2 cm³/mol. The van der Waals surface area contributed by atoms with Crippen LogP contribution in [-0.2, 0) is 14.2 Å². The molecule has 0 aromatic carbocycles. The molecule has 0 N–H and O–H groups in total. The molecule has 0 saturated carbocycles. The molecule has 46 valence electrons. The van der Waals surface area contributed by atoms with Gasteiger partial charge in [0.15, 0.2) is 0 Å². The third-order valence-electron chi connectivity index (χ3n) is 1.46. The fourth-order valence-corrected chi connectivity index (χ4v) is 0.932. The van der Waals surface area contributed by atoms with Crippen molar-refractivity contribution in [1.29, 1.82) is 0 Å².